The summed E-state index contributed by atoms with van der Waals surface area (Å²) in [7, 11) is 0. The zero-order valence-electron chi connectivity index (χ0n) is 6.67. The van der Waals surface area contributed by atoms with Gasteiger partial charge in [0.1, 0.15) is 6.04 Å². The summed E-state index contributed by atoms with van der Waals surface area (Å²) in [6.07, 6.45) is 0. The Labute approximate surface area is 62.4 Å². The molecule has 0 aromatic heterocycles. The van der Waals surface area contributed by atoms with E-state index in [1.807, 2.05) is 6.07 Å². The Bertz CT molecular complexity index is 113. The summed E-state index contributed by atoms with van der Waals surface area (Å²) in [5.74, 6) is 0. The van der Waals surface area contributed by atoms with Crippen molar-refractivity contribution in [1.29, 1.82) is 5.26 Å². The monoisotopic (exact) mass is 141 g/mol. The van der Waals surface area contributed by atoms with E-state index in [-0.39, 0.29) is 6.04 Å². The first kappa shape index (κ1) is 9.41. The molecule has 0 spiro atoms. The average molecular weight is 141 g/mol. The van der Waals surface area contributed by atoms with Gasteiger partial charge in [0, 0.05) is 6.54 Å². The Balaban J connectivity index is 3.54. The lowest BCUT2D eigenvalue weighted by Crippen LogP contribution is -2.36. The molecular weight excluding hydrogens is 126 g/mol. The lowest BCUT2D eigenvalue weighted by Gasteiger charge is -2.18. The van der Waals surface area contributed by atoms with Crippen LogP contribution in [0.5, 0.6) is 0 Å². The predicted octanol–water partition coefficient (Wildman–Crippen LogP) is 0.179. The Kier molecular flexibility index (Phi) is 4.91. The molecular formula is C7H15N3. The third-order valence-electron chi connectivity index (χ3n) is 1.52. The third kappa shape index (κ3) is 3.44. The molecule has 0 heterocycles. The highest BCUT2D eigenvalue weighted by atomic mass is 15.1. The highest BCUT2D eigenvalue weighted by Crippen LogP contribution is 1.87. The summed E-state index contributed by atoms with van der Waals surface area (Å²) in [6, 6.07) is 1.67. The van der Waals surface area contributed by atoms with Crippen molar-refractivity contribution < 1.29 is 0 Å². The number of nitrogens with zero attached hydrogens (tertiary/aromatic N) is 2. The second kappa shape index (κ2) is 5.21. The molecule has 0 saturated heterocycles. The minimum atomic E-state index is -0.333. The summed E-state index contributed by atoms with van der Waals surface area (Å²) in [6.45, 7) is 6.74. The van der Waals surface area contributed by atoms with Crippen molar-refractivity contribution in [2.75, 3.05) is 19.6 Å². The summed E-state index contributed by atoms with van der Waals surface area (Å²) >= 11 is 0. The van der Waals surface area contributed by atoms with Crippen molar-refractivity contribution in [3.05, 3.63) is 0 Å². The van der Waals surface area contributed by atoms with E-state index in [1.165, 1.54) is 0 Å². The average Bonchev–Trinajstić information content (AvgIpc) is 1.99. The molecule has 3 heteroatoms. The van der Waals surface area contributed by atoms with Crippen molar-refractivity contribution in [2.24, 2.45) is 5.73 Å². The van der Waals surface area contributed by atoms with Crippen molar-refractivity contribution in [3.63, 3.8) is 0 Å². The van der Waals surface area contributed by atoms with Crippen LogP contribution in [0.25, 0.3) is 0 Å². The van der Waals surface area contributed by atoms with Crippen LogP contribution < -0.4 is 5.73 Å². The first-order chi connectivity index (χ1) is 4.74. The molecule has 0 aliphatic heterocycles. The van der Waals surface area contributed by atoms with Crippen LogP contribution >= 0.6 is 0 Å². The summed E-state index contributed by atoms with van der Waals surface area (Å²) < 4.78 is 0. The number of likely N-dealkylation sites (N-methyl/N-ethyl adjacent to an activating group) is 1. The molecule has 0 aliphatic rings. The van der Waals surface area contributed by atoms with Crippen LogP contribution in [0.3, 0.4) is 0 Å². The van der Waals surface area contributed by atoms with Crippen molar-refractivity contribution >= 4 is 0 Å². The number of nitriles is 1. The topological polar surface area (TPSA) is 53.0 Å². The molecule has 0 amide bonds. The lowest BCUT2D eigenvalue weighted by molar-refractivity contribution is 0.298. The van der Waals surface area contributed by atoms with E-state index in [4.69, 9.17) is 11.0 Å². The molecule has 2 N–H and O–H groups in total. The van der Waals surface area contributed by atoms with Gasteiger partial charge in [-0.1, -0.05) is 13.8 Å². The van der Waals surface area contributed by atoms with Gasteiger partial charge in [0.2, 0.25) is 0 Å². The third-order valence-corrected chi connectivity index (χ3v) is 1.52. The van der Waals surface area contributed by atoms with E-state index in [2.05, 4.69) is 18.7 Å². The van der Waals surface area contributed by atoms with E-state index < -0.39 is 0 Å². The molecule has 0 aliphatic carbocycles. The van der Waals surface area contributed by atoms with Crippen molar-refractivity contribution in [3.8, 4) is 6.07 Å². The zero-order chi connectivity index (χ0) is 7.98. The molecule has 0 fully saturated rings. The molecule has 3 nitrogen and oxygen atoms in total. The first-order valence-corrected chi connectivity index (χ1v) is 3.62. The largest absolute Gasteiger partial charge is 0.315 e. The summed E-state index contributed by atoms with van der Waals surface area (Å²) in [4.78, 5) is 2.13. The molecule has 0 rings (SSSR count). The van der Waals surface area contributed by atoms with Gasteiger partial charge in [-0.05, 0) is 13.1 Å². The van der Waals surface area contributed by atoms with Crippen LogP contribution in [0, 0.1) is 11.3 Å². The fourth-order valence-electron chi connectivity index (χ4n) is 0.801. The molecule has 0 aromatic rings. The van der Waals surface area contributed by atoms with E-state index in [9.17, 15) is 0 Å². The highest BCUT2D eigenvalue weighted by Gasteiger charge is 2.04. The van der Waals surface area contributed by atoms with Crippen LogP contribution in [0.15, 0.2) is 0 Å². The molecule has 1 unspecified atom stereocenters. The molecule has 0 bridgehead atoms. The molecule has 0 radical (unpaired) electrons. The van der Waals surface area contributed by atoms with Gasteiger partial charge in [-0.3, -0.25) is 0 Å². The van der Waals surface area contributed by atoms with Gasteiger partial charge in [0.15, 0.2) is 0 Å². The molecule has 0 saturated carbocycles. The van der Waals surface area contributed by atoms with Crippen LogP contribution in [0.2, 0.25) is 0 Å². The Morgan fingerprint density at radius 2 is 2.00 bits per heavy atom. The maximum absolute atomic E-state index is 8.37. The maximum atomic E-state index is 8.37. The smallest absolute Gasteiger partial charge is 0.106 e. The molecule has 58 valence electrons. The van der Waals surface area contributed by atoms with E-state index >= 15 is 0 Å². The van der Waals surface area contributed by atoms with Gasteiger partial charge < -0.3 is 10.6 Å². The van der Waals surface area contributed by atoms with Gasteiger partial charge in [0.05, 0.1) is 6.07 Å². The van der Waals surface area contributed by atoms with Gasteiger partial charge in [-0.15, -0.1) is 0 Å². The minimum Gasteiger partial charge on any atom is -0.315 e. The molecule has 1 atom stereocenters. The quantitative estimate of drug-likeness (QED) is 0.607. The minimum absolute atomic E-state index is 0.333. The van der Waals surface area contributed by atoms with Crippen LogP contribution in [0.1, 0.15) is 13.8 Å². The van der Waals surface area contributed by atoms with Crippen molar-refractivity contribution in [2.45, 2.75) is 19.9 Å². The number of hydrogen-bond donors (Lipinski definition) is 1. The number of nitrogens with two attached hydrogens (primary N) is 1. The Hall–Kier alpha value is -0.590. The standard InChI is InChI=1S/C7H15N3/c1-3-10(4-2)6-7(9)5-8/h7H,3-4,6,9H2,1-2H3. The van der Waals surface area contributed by atoms with Crippen LogP contribution in [-0.4, -0.2) is 30.6 Å². The Morgan fingerprint density at radius 1 is 1.50 bits per heavy atom. The van der Waals surface area contributed by atoms with E-state index in [0.29, 0.717) is 6.54 Å². The summed E-state index contributed by atoms with van der Waals surface area (Å²) in [5.41, 5.74) is 5.42. The normalized spacial score (nSPS) is 13.1. The second-order valence-corrected chi connectivity index (χ2v) is 2.22. The maximum Gasteiger partial charge on any atom is 0.106 e. The van der Waals surface area contributed by atoms with E-state index in [1.54, 1.807) is 0 Å². The fourth-order valence-corrected chi connectivity index (χ4v) is 0.801. The van der Waals surface area contributed by atoms with Crippen molar-refractivity contribution in [1.82, 2.24) is 4.90 Å². The van der Waals surface area contributed by atoms with Gasteiger partial charge >= 0.3 is 0 Å². The summed E-state index contributed by atoms with van der Waals surface area (Å²) in [5, 5.41) is 8.37. The van der Waals surface area contributed by atoms with Crippen LogP contribution in [0.4, 0.5) is 0 Å². The van der Waals surface area contributed by atoms with Gasteiger partial charge in [-0.2, -0.15) is 5.26 Å². The SMILES string of the molecule is CCN(CC)CC(N)C#N. The van der Waals surface area contributed by atoms with Crippen LogP contribution in [-0.2, 0) is 0 Å². The lowest BCUT2D eigenvalue weighted by atomic mass is 10.3. The number of hydrogen-bond acceptors (Lipinski definition) is 3. The van der Waals surface area contributed by atoms with Gasteiger partial charge in [0.25, 0.3) is 0 Å². The highest BCUT2D eigenvalue weighted by molar-refractivity contribution is 4.88. The first-order valence-electron chi connectivity index (χ1n) is 3.62. The zero-order valence-corrected chi connectivity index (χ0v) is 6.67. The van der Waals surface area contributed by atoms with Gasteiger partial charge in [-0.25, -0.2) is 0 Å². The predicted molar refractivity (Wildman–Crippen MR) is 41.4 cm³/mol. The second-order valence-electron chi connectivity index (χ2n) is 2.22. The number of rotatable bonds is 4. The molecule has 10 heavy (non-hydrogen) atoms. The Morgan fingerprint density at radius 3 is 2.30 bits per heavy atom. The van der Waals surface area contributed by atoms with E-state index in [0.717, 1.165) is 13.1 Å². The molecule has 0 aromatic carbocycles. The fraction of sp³-hybridized carbons (Fsp3) is 0.857.